The number of aryl methyl sites for hydroxylation is 3. The van der Waals surface area contributed by atoms with Gasteiger partial charge in [-0.2, -0.15) is 0 Å². The molecule has 0 radical (unpaired) electrons. The Labute approximate surface area is 772 Å². The number of carbonyl (C=O) groups is 8. The van der Waals surface area contributed by atoms with E-state index in [2.05, 4.69) is 60.7 Å². The maximum atomic E-state index is 14.7. The van der Waals surface area contributed by atoms with E-state index in [9.17, 15) is 47.1 Å². The van der Waals surface area contributed by atoms with Crippen LogP contribution in [0.15, 0.2) is 188 Å². The zero-order chi connectivity index (χ0) is 95.1. The minimum absolute atomic E-state index is 0.0663. The molecule has 29 heteroatoms. The molecule has 1 aliphatic carbocycles. The van der Waals surface area contributed by atoms with Gasteiger partial charge in [0.1, 0.15) is 53.0 Å². The number of aromatic nitrogens is 3. The van der Waals surface area contributed by atoms with Gasteiger partial charge in [0.25, 0.3) is 5.91 Å². The fraction of sp³-hybridized carbons (Fsp3) is 0.317. The molecule has 690 valence electrons. The minimum Gasteiger partial charge on any atom is -0.449 e. The van der Waals surface area contributed by atoms with Gasteiger partial charge >= 0.3 is 18.3 Å². The molecular weight excluding hydrogens is 1690 g/mol. The number of hydrogen-bond donors (Lipinski definition) is 9. The fourth-order valence-electron chi connectivity index (χ4n) is 18.0. The van der Waals surface area contributed by atoms with Crippen LogP contribution in [0.1, 0.15) is 205 Å². The third-order valence-electron chi connectivity index (χ3n) is 25.9. The molecule has 0 saturated heterocycles. The van der Waals surface area contributed by atoms with Gasteiger partial charge < -0.3 is 67.0 Å². The van der Waals surface area contributed by atoms with Crippen molar-refractivity contribution in [3.8, 4) is 0 Å². The minimum atomic E-state index is -0.823. The summed E-state index contributed by atoms with van der Waals surface area (Å²) in [5.41, 5.74) is 33.8. The number of benzene rings is 9. The van der Waals surface area contributed by atoms with Gasteiger partial charge in [-0.3, -0.25) is 39.9 Å². The van der Waals surface area contributed by atoms with Crippen molar-refractivity contribution in [3.05, 3.63) is 284 Å². The second-order valence-electron chi connectivity index (χ2n) is 35.3. The highest BCUT2D eigenvalue weighted by Gasteiger charge is 2.50. The summed E-state index contributed by atoms with van der Waals surface area (Å²) < 4.78 is 46.2. The van der Waals surface area contributed by atoms with E-state index in [1.165, 1.54) is 0 Å². The van der Waals surface area contributed by atoms with Gasteiger partial charge in [-0.1, -0.05) is 101 Å². The number of hydrogen-bond acceptors (Lipinski definition) is 20. The molecule has 9 aromatic carbocycles. The number of ether oxygens (including phenoxy) is 3. The Hall–Kier alpha value is -14.8. The topological polar surface area (TPSA) is 366 Å². The number of likely N-dealkylation sites (N-methyl/N-ethyl adjacent to an activating group) is 3. The number of fused-ring (bicyclic) bond motifs is 30. The van der Waals surface area contributed by atoms with E-state index in [1.807, 2.05) is 165 Å². The molecular formula is C104H114F2N16O11. The molecule has 7 amide bonds. The zero-order valence-corrected chi connectivity index (χ0v) is 77.3. The van der Waals surface area contributed by atoms with Crippen LogP contribution >= 0.6 is 0 Å². The molecule has 12 bridgehead atoms. The van der Waals surface area contributed by atoms with Crippen molar-refractivity contribution < 1.29 is 61.3 Å². The Kier molecular flexibility index (Phi) is 28.6. The Morgan fingerprint density at radius 3 is 1.29 bits per heavy atom. The van der Waals surface area contributed by atoms with E-state index in [4.69, 9.17) is 31.4 Å². The third kappa shape index (κ3) is 21.0. The first-order chi connectivity index (χ1) is 63.6. The van der Waals surface area contributed by atoms with Crippen molar-refractivity contribution in [3.63, 3.8) is 0 Å². The second kappa shape index (κ2) is 40.3. The standard InChI is InChI=1S/C35H36FN5O4.C35H40N6O4.C34H38FN5O3/c1-19-13-22-5-8-26(19)20(2)18-45-34(44)40-24-7-10-29(35(11-12-35)21(3)42)23(14-24)17-41(4)33(43)31(22)39-25-6-9-27-28(15-25)30(36)16-38-32(27)37;1-6-41(7-2)33(42)30-13-10-27-18-25(30)19-40(5)34(43)31(38-26-9-12-29-23(17-26)14-15-37-32(29)36)24-8-11-28(21(3)16-24)22(4)20-45-35(44)39-27;1-6-19(2)27-11-8-24-14-23(27)17-40(5)33(41)31(38-25-9-12-28-29(15-25)30(35)16-37-32(28)36)22-7-10-26(20(3)13-22)21(4)18-43-34(42)39-24/h5-10,13-16,20,31,39H,11-12,17-18H2,1-4H3,(H2,37,38)(H,40,44);8-18,22,31,38H,6-7,19-20H2,1-5H3,(H2,36,37)(H,39,44);7-16,19,21,31,38H,6,17-18H2,1-5H3,(H2,36,37)(H,39,42)/t20-,31+;22-,31+;19-,21+,31-/m001/s1. The fourth-order valence-corrected chi connectivity index (χ4v) is 18.0. The number of Topliss-reactive ketones (excluding diaryl/α,β-unsaturated/α-hetero) is 1. The van der Waals surface area contributed by atoms with E-state index < -0.39 is 53.5 Å². The normalized spacial score (nSPS) is 18.4. The van der Waals surface area contributed by atoms with Crippen molar-refractivity contribution in [2.45, 2.75) is 162 Å². The van der Waals surface area contributed by atoms with Crippen molar-refractivity contribution in [2.75, 3.05) is 103 Å². The van der Waals surface area contributed by atoms with Crippen LogP contribution in [-0.4, -0.2) is 136 Å². The summed E-state index contributed by atoms with van der Waals surface area (Å²) in [7, 11) is 5.20. The molecule has 7 aliphatic rings. The summed E-state index contributed by atoms with van der Waals surface area (Å²) in [4.78, 5) is 126. The Morgan fingerprint density at radius 2 is 0.872 bits per heavy atom. The van der Waals surface area contributed by atoms with Gasteiger partial charge in [-0.05, 0) is 253 Å². The number of ketones is 1. The molecule has 9 heterocycles. The van der Waals surface area contributed by atoms with Crippen LogP contribution in [0.3, 0.4) is 0 Å². The van der Waals surface area contributed by atoms with Crippen LogP contribution in [0.25, 0.3) is 32.3 Å². The number of anilines is 9. The molecule has 19 rings (SSSR count). The molecule has 27 nitrogen and oxygen atoms in total. The monoisotopic (exact) mass is 1800 g/mol. The largest absolute Gasteiger partial charge is 0.449 e. The predicted molar refractivity (Wildman–Crippen MR) is 517 cm³/mol. The first-order valence-electron chi connectivity index (χ1n) is 44.8. The average molecular weight is 1800 g/mol. The van der Waals surface area contributed by atoms with E-state index in [1.54, 1.807) is 115 Å². The zero-order valence-electron chi connectivity index (χ0n) is 77.3. The summed E-state index contributed by atoms with van der Waals surface area (Å²) in [5.74, 6) is -0.735. The first-order valence-corrected chi connectivity index (χ1v) is 44.8. The van der Waals surface area contributed by atoms with Gasteiger partial charge in [0.05, 0.1) is 37.6 Å². The highest BCUT2D eigenvalue weighted by molar-refractivity contribution is 6.00. The summed E-state index contributed by atoms with van der Waals surface area (Å²) in [6.45, 7) is 23.9. The molecule has 12 aromatic rings. The number of nitrogens with two attached hydrogens (primary N) is 3. The number of rotatable bonds is 13. The van der Waals surface area contributed by atoms with Gasteiger partial charge in [0.15, 0.2) is 0 Å². The van der Waals surface area contributed by atoms with Crippen LogP contribution < -0.4 is 49.1 Å². The predicted octanol–water partition coefficient (Wildman–Crippen LogP) is 19.7. The third-order valence-corrected chi connectivity index (χ3v) is 25.9. The van der Waals surface area contributed by atoms with Gasteiger partial charge in [-0.15, -0.1) is 0 Å². The highest BCUT2D eigenvalue weighted by Crippen LogP contribution is 2.51. The number of pyridine rings is 3. The number of nitrogens with one attached hydrogen (secondary N) is 6. The number of halogens is 2. The SMILES string of the molecule is CC(=O)C1(c2ccc3cc2CN(C)C(=O)[C@H](Nc2ccc4c(N)ncc(F)c4c2)c2ccc(c(C)c2)[C@@H](C)COC(=O)N3)CC1.CCN(CC)C(=O)c1ccc2cc1CN(C)C(=O)[C@H](Nc1ccc3c(N)nccc3c1)c1ccc(c(C)c1)[C@@H](C)COC(=O)N2.CC[C@@H](C)c1ccc2cc1CN(C)C(=O)[C@H](Nc1ccc3c(N)ncc(F)c3c1)c1ccc(c(C)c1)[C@@H](C)COC(=O)N2. The molecule has 6 aliphatic heterocycles. The molecule has 133 heavy (non-hydrogen) atoms. The van der Waals surface area contributed by atoms with Crippen molar-refractivity contribution in [1.82, 2.24) is 34.6 Å². The maximum absolute atomic E-state index is 14.7. The Bertz CT molecular complexity index is 6520. The molecule has 0 unspecified atom stereocenters. The van der Waals surface area contributed by atoms with Gasteiger partial charge in [0, 0.05) is 144 Å². The van der Waals surface area contributed by atoms with Crippen LogP contribution in [0, 0.1) is 32.4 Å². The number of amides is 7. The van der Waals surface area contributed by atoms with Crippen LogP contribution in [0.2, 0.25) is 0 Å². The molecule has 1 fully saturated rings. The molecule has 1 saturated carbocycles. The number of nitrogen functional groups attached to an aromatic ring is 3. The Morgan fingerprint density at radius 1 is 0.481 bits per heavy atom. The van der Waals surface area contributed by atoms with E-state index in [0.717, 1.165) is 120 Å². The van der Waals surface area contributed by atoms with Crippen molar-refractivity contribution in [1.29, 1.82) is 0 Å². The first kappa shape index (κ1) is 94.3. The summed E-state index contributed by atoms with van der Waals surface area (Å²) >= 11 is 0. The lowest BCUT2D eigenvalue weighted by Crippen LogP contribution is -2.36. The molecule has 12 N–H and O–H groups in total. The number of nitrogens with zero attached hydrogens (tertiary/aromatic N) is 7. The average Bonchev–Trinajstić information content (AvgIpc) is 1.59. The van der Waals surface area contributed by atoms with Crippen molar-refractivity contribution >= 4 is 132 Å². The van der Waals surface area contributed by atoms with E-state index in [-0.39, 0.29) is 97.6 Å². The van der Waals surface area contributed by atoms with Crippen molar-refractivity contribution in [2.24, 2.45) is 0 Å². The summed E-state index contributed by atoms with van der Waals surface area (Å²) in [6.07, 6.45) is 4.55. The van der Waals surface area contributed by atoms with Crippen LogP contribution in [0.5, 0.6) is 0 Å². The molecule has 0 spiro atoms. The Balaban J connectivity index is 0.000000160. The summed E-state index contributed by atoms with van der Waals surface area (Å²) in [6, 6.07) is 49.4. The lowest BCUT2D eigenvalue weighted by atomic mass is 9.87. The van der Waals surface area contributed by atoms with E-state index in [0.29, 0.717) is 86.6 Å². The lowest BCUT2D eigenvalue weighted by molar-refractivity contribution is -0.132. The lowest BCUT2D eigenvalue weighted by Gasteiger charge is -2.28. The van der Waals surface area contributed by atoms with Crippen LogP contribution in [-0.2, 0) is 58.4 Å². The molecule has 7 atom stereocenters. The second-order valence-corrected chi connectivity index (χ2v) is 35.3. The maximum Gasteiger partial charge on any atom is 0.411 e. The van der Waals surface area contributed by atoms with Gasteiger partial charge in [-0.25, -0.2) is 38.1 Å². The molecule has 3 aromatic heterocycles. The quantitative estimate of drug-likeness (QED) is 0.0484. The van der Waals surface area contributed by atoms with E-state index >= 15 is 0 Å². The van der Waals surface area contributed by atoms with Gasteiger partial charge in [0.2, 0.25) is 17.7 Å². The van der Waals surface area contributed by atoms with Crippen LogP contribution in [0.4, 0.5) is 74.7 Å². The smallest absolute Gasteiger partial charge is 0.411 e. The number of carbonyl (C=O) groups excluding carboxylic acids is 8. The highest BCUT2D eigenvalue weighted by atomic mass is 19.1. The summed E-state index contributed by atoms with van der Waals surface area (Å²) in [5, 5.41) is 22.0.